The zero-order valence-corrected chi connectivity index (χ0v) is 23.5. The van der Waals surface area contributed by atoms with E-state index in [0.29, 0.717) is 53.5 Å². The lowest BCUT2D eigenvalue weighted by molar-refractivity contribution is 0.0385. The van der Waals surface area contributed by atoms with E-state index in [9.17, 15) is 13.6 Å². The molecule has 5 heterocycles. The van der Waals surface area contributed by atoms with Crippen LogP contribution in [0.3, 0.4) is 0 Å². The fourth-order valence-electron chi connectivity index (χ4n) is 5.41. The summed E-state index contributed by atoms with van der Waals surface area (Å²) in [7, 11) is 1.86. The summed E-state index contributed by atoms with van der Waals surface area (Å²) in [5.74, 6) is 0.343. The molecule has 0 bridgehead atoms. The molecule has 1 aliphatic rings. The number of halogens is 2. The smallest absolute Gasteiger partial charge is 0.350 e. The van der Waals surface area contributed by atoms with Crippen LogP contribution in [0.25, 0.3) is 33.7 Å². The summed E-state index contributed by atoms with van der Waals surface area (Å²) in [6, 6.07) is 18.1. The van der Waals surface area contributed by atoms with E-state index in [-0.39, 0.29) is 17.4 Å². The van der Waals surface area contributed by atoms with E-state index in [1.165, 1.54) is 0 Å². The van der Waals surface area contributed by atoms with Gasteiger partial charge in [0, 0.05) is 56.7 Å². The van der Waals surface area contributed by atoms with Crippen molar-refractivity contribution in [2.45, 2.75) is 12.6 Å². The molecular weight excluding hydrogens is 570 g/mol. The van der Waals surface area contributed by atoms with Crippen LogP contribution in [0.2, 0.25) is 0 Å². The molecule has 1 aliphatic heterocycles. The van der Waals surface area contributed by atoms with Crippen LogP contribution in [0.5, 0.6) is 0 Å². The number of tetrazole rings is 1. The first-order valence-electron chi connectivity index (χ1n) is 13.9. The molecule has 0 saturated carbocycles. The number of piperazine rings is 1. The maximum atomic E-state index is 13.5. The number of nitrogens with zero attached hydrogens (tertiary/aromatic N) is 10. The SMILES string of the molecule is Cn1cc(-c2ccc3oc(-c4ccnc(C(=O)N5CCN([C@@H](c6ccccc6)c6nnn(C(F)F)n6)CC5)c4)nc3c2)cn1. The highest BCUT2D eigenvalue weighted by Crippen LogP contribution is 2.30. The molecule has 7 rings (SSSR count). The number of pyridine rings is 1. The molecule has 44 heavy (non-hydrogen) atoms. The van der Waals surface area contributed by atoms with Gasteiger partial charge in [-0.15, -0.1) is 10.2 Å². The van der Waals surface area contributed by atoms with Crippen LogP contribution in [-0.2, 0) is 7.05 Å². The summed E-state index contributed by atoms with van der Waals surface area (Å²) >= 11 is 0. The largest absolute Gasteiger partial charge is 0.436 e. The van der Waals surface area contributed by atoms with Crippen LogP contribution in [0, 0.1) is 0 Å². The fraction of sp³-hybridized carbons (Fsp3) is 0.233. The van der Waals surface area contributed by atoms with Gasteiger partial charge in [-0.05, 0) is 40.6 Å². The molecule has 2 aromatic carbocycles. The van der Waals surface area contributed by atoms with E-state index in [2.05, 4.69) is 35.4 Å². The third kappa shape index (κ3) is 5.30. The summed E-state index contributed by atoms with van der Waals surface area (Å²) in [6.07, 6.45) is 5.29. The van der Waals surface area contributed by atoms with Crippen molar-refractivity contribution in [1.82, 2.24) is 49.8 Å². The van der Waals surface area contributed by atoms with Crippen LogP contribution >= 0.6 is 0 Å². The highest BCUT2D eigenvalue weighted by atomic mass is 19.3. The quantitative estimate of drug-likeness (QED) is 0.266. The lowest BCUT2D eigenvalue weighted by Gasteiger charge is -2.38. The Morgan fingerprint density at radius 3 is 2.50 bits per heavy atom. The summed E-state index contributed by atoms with van der Waals surface area (Å²) in [4.78, 5) is 26.6. The van der Waals surface area contributed by atoms with Crippen molar-refractivity contribution in [3.63, 3.8) is 0 Å². The van der Waals surface area contributed by atoms with Gasteiger partial charge in [-0.2, -0.15) is 13.9 Å². The molecule has 0 unspecified atom stereocenters. The molecule has 0 N–H and O–H groups in total. The molecule has 1 saturated heterocycles. The van der Waals surface area contributed by atoms with Gasteiger partial charge in [0.15, 0.2) is 11.4 Å². The monoisotopic (exact) mass is 596 g/mol. The Labute approximate surface area is 249 Å². The average Bonchev–Trinajstić information content (AvgIpc) is 3.82. The number of amides is 1. The lowest BCUT2D eigenvalue weighted by atomic mass is 10.0. The Bertz CT molecular complexity index is 1930. The molecule has 14 heteroatoms. The van der Waals surface area contributed by atoms with Crippen molar-refractivity contribution in [2.24, 2.45) is 7.05 Å². The van der Waals surface area contributed by atoms with Crippen LogP contribution in [-0.4, -0.2) is 81.8 Å². The number of aryl methyl sites for hydroxylation is 1. The Morgan fingerprint density at radius 1 is 0.955 bits per heavy atom. The number of hydrogen-bond acceptors (Lipinski definition) is 9. The molecule has 222 valence electrons. The van der Waals surface area contributed by atoms with Gasteiger partial charge >= 0.3 is 6.55 Å². The number of rotatable bonds is 7. The van der Waals surface area contributed by atoms with Gasteiger partial charge in [0.2, 0.25) is 5.89 Å². The van der Waals surface area contributed by atoms with E-state index in [4.69, 9.17) is 4.42 Å². The molecule has 4 aromatic heterocycles. The predicted molar refractivity (Wildman–Crippen MR) is 154 cm³/mol. The first-order valence-corrected chi connectivity index (χ1v) is 13.9. The van der Waals surface area contributed by atoms with Gasteiger partial charge in [-0.3, -0.25) is 19.4 Å². The number of carbonyl (C=O) groups is 1. The van der Waals surface area contributed by atoms with Crippen molar-refractivity contribution >= 4 is 17.0 Å². The minimum atomic E-state index is -2.88. The van der Waals surface area contributed by atoms with Crippen LogP contribution in [0.4, 0.5) is 8.78 Å². The van der Waals surface area contributed by atoms with E-state index in [1.54, 1.807) is 34.1 Å². The van der Waals surface area contributed by atoms with Crippen LogP contribution in [0.15, 0.2) is 83.7 Å². The summed E-state index contributed by atoms with van der Waals surface area (Å²) < 4.78 is 34.1. The molecule has 1 atom stereocenters. The van der Waals surface area contributed by atoms with Crippen molar-refractivity contribution in [3.8, 4) is 22.6 Å². The van der Waals surface area contributed by atoms with E-state index in [0.717, 1.165) is 16.7 Å². The fourth-order valence-corrected chi connectivity index (χ4v) is 5.41. The third-order valence-corrected chi connectivity index (χ3v) is 7.60. The predicted octanol–water partition coefficient (Wildman–Crippen LogP) is 4.22. The maximum absolute atomic E-state index is 13.5. The number of oxazole rings is 1. The molecule has 0 spiro atoms. The number of hydrogen-bond donors (Lipinski definition) is 0. The number of carbonyl (C=O) groups excluding carboxylic acids is 1. The van der Waals surface area contributed by atoms with Crippen molar-refractivity contribution in [3.05, 3.63) is 96.3 Å². The molecule has 1 amide bonds. The Hall–Kier alpha value is -5.37. The molecule has 6 aromatic rings. The molecule has 0 radical (unpaired) electrons. The summed E-state index contributed by atoms with van der Waals surface area (Å²) in [5, 5.41) is 15.6. The topological polar surface area (TPSA) is 124 Å². The Morgan fingerprint density at radius 2 is 1.77 bits per heavy atom. The minimum absolute atomic E-state index is 0.177. The number of aromatic nitrogens is 8. The minimum Gasteiger partial charge on any atom is -0.436 e. The lowest BCUT2D eigenvalue weighted by Crippen LogP contribution is -2.50. The highest BCUT2D eigenvalue weighted by Gasteiger charge is 2.32. The Kier molecular flexibility index (Phi) is 7.10. The zero-order valence-electron chi connectivity index (χ0n) is 23.5. The third-order valence-electron chi connectivity index (χ3n) is 7.60. The highest BCUT2D eigenvalue weighted by molar-refractivity contribution is 5.93. The number of benzene rings is 2. The summed E-state index contributed by atoms with van der Waals surface area (Å²) in [5.41, 5.74) is 5.03. The van der Waals surface area contributed by atoms with Crippen LogP contribution < -0.4 is 0 Å². The second-order valence-electron chi connectivity index (χ2n) is 10.4. The van der Waals surface area contributed by atoms with E-state index in [1.807, 2.05) is 61.8 Å². The van der Waals surface area contributed by atoms with E-state index >= 15 is 0 Å². The van der Waals surface area contributed by atoms with Gasteiger partial charge in [0.25, 0.3) is 5.91 Å². The summed E-state index contributed by atoms with van der Waals surface area (Å²) in [6.45, 7) is -1.14. The standard InChI is InChI=1S/C30H26F2N10O2/c1-39-18-22(17-34-39)20-7-8-25-23(15-20)35-28(44-25)21-9-10-33-24(16-21)29(43)41-13-11-40(12-14-41)26(19-5-3-2-4-6-19)27-36-38-42(37-27)30(31)32/h2-10,15-18,26,30H,11-14H2,1H3/t26-/m0/s1. The van der Waals surface area contributed by atoms with Gasteiger partial charge in [0.05, 0.1) is 12.2 Å². The molecule has 0 aliphatic carbocycles. The maximum Gasteiger partial charge on any atom is 0.350 e. The van der Waals surface area contributed by atoms with Crippen LogP contribution in [0.1, 0.15) is 34.5 Å². The first-order chi connectivity index (χ1) is 21.4. The Balaban J connectivity index is 1.08. The van der Waals surface area contributed by atoms with Crippen molar-refractivity contribution in [2.75, 3.05) is 26.2 Å². The van der Waals surface area contributed by atoms with Gasteiger partial charge in [-0.1, -0.05) is 41.2 Å². The average molecular weight is 597 g/mol. The molecule has 12 nitrogen and oxygen atoms in total. The van der Waals surface area contributed by atoms with Crippen molar-refractivity contribution in [1.29, 1.82) is 0 Å². The second-order valence-corrected chi connectivity index (χ2v) is 10.4. The normalized spacial score (nSPS) is 14.9. The van der Waals surface area contributed by atoms with Gasteiger partial charge in [0.1, 0.15) is 11.2 Å². The molecule has 1 fully saturated rings. The molecular formula is C30H26F2N10O2. The van der Waals surface area contributed by atoms with E-state index < -0.39 is 12.6 Å². The first kappa shape index (κ1) is 27.5. The van der Waals surface area contributed by atoms with Gasteiger partial charge < -0.3 is 9.32 Å². The van der Waals surface area contributed by atoms with Crippen molar-refractivity contribution < 1.29 is 18.0 Å². The van der Waals surface area contributed by atoms with Gasteiger partial charge in [-0.25, -0.2) is 4.98 Å². The zero-order chi connectivity index (χ0) is 30.2. The second kappa shape index (κ2) is 11.4. The number of fused-ring (bicyclic) bond motifs is 1. The number of alkyl halides is 2.